The van der Waals surface area contributed by atoms with E-state index in [2.05, 4.69) is 20.3 Å². The quantitative estimate of drug-likeness (QED) is 0.294. The van der Waals surface area contributed by atoms with Crippen LogP contribution in [0.5, 0.6) is 0 Å². The number of nitrogens with two attached hydrogens (primary N) is 1. The Labute approximate surface area is 169 Å². The lowest BCUT2D eigenvalue weighted by Gasteiger charge is -2.30. The molecule has 28 heavy (non-hydrogen) atoms. The van der Waals surface area contributed by atoms with Gasteiger partial charge in [-0.25, -0.2) is 9.59 Å². The van der Waals surface area contributed by atoms with Crippen molar-refractivity contribution in [3.05, 3.63) is 0 Å². The minimum atomic E-state index is -0.671. The summed E-state index contributed by atoms with van der Waals surface area (Å²) in [4.78, 5) is 27.5. The van der Waals surface area contributed by atoms with Crippen LogP contribution >= 0.6 is 0 Å². The van der Waals surface area contributed by atoms with Gasteiger partial charge >= 0.3 is 20.2 Å². The Bertz CT molecular complexity index is 481. The van der Waals surface area contributed by atoms with E-state index in [4.69, 9.17) is 23.3 Å². The highest BCUT2D eigenvalue weighted by Crippen LogP contribution is 2.17. The van der Waals surface area contributed by atoms with E-state index in [-0.39, 0.29) is 0 Å². The molecule has 10 heteroatoms. The van der Waals surface area contributed by atoms with Crippen molar-refractivity contribution in [3.8, 4) is 0 Å². The van der Waals surface area contributed by atoms with E-state index in [1.807, 2.05) is 0 Å². The van der Waals surface area contributed by atoms with Gasteiger partial charge in [0, 0.05) is 25.2 Å². The van der Waals surface area contributed by atoms with Gasteiger partial charge in [0.1, 0.15) is 17.6 Å². The van der Waals surface area contributed by atoms with Crippen molar-refractivity contribution >= 4 is 26.6 Å². The Hall–Kier alpha value is -1.97. The van der Waals surface area contributed by atoms with Crippen molar-refractivity contribution in [2.24, 2.45) is 10.7 Å². The minimum Gasteiger partial charge on any atom is -0.560 e. The Morgan fingerprint density at radius 1 is 0.929 bits per heavy atom. The first-order valence-electron chi connectivity index (χ1n) is 9.33. The zero-order valence-electron chi connectivity index (χ0n) is 18.0. The maximum atomic E-state index is 11.8. The number of hydrogen-bond acceptors (Lipinski definition) is 7. The summed E-state index contributed by atoms with van der Waals surface area (Å²) in [6.07, 6.45) is 1.59. The molecule has 0 aromatic rings. The number of nitrogens with zero attached hydrogens (tertiary/aromatic N) is 1. The smallest absolute Gasteiger partial charge is 0.407 e. The second-order valence-electron chi connectivity index (χ2n) is 8.62. The van der Waals surface area contributed by atoms with E-state index in [0.717, 1.165) is 6.40 Å². The molecule has 4 N–H and O–H groups in total. The average molecular weight is 398 g/mol. The fourth-order valence-corrected chi connectivity index (χ4v) is 2.21. The van der Waals surface area contributed by atoms with Crippen LogP contribution in [0.1, 0.15) is 60.8 Å². The molecule has 160 valence electrons. The van der Waals surface area contributed by atoms with E-state index in [0.29, 0.717) is 38.9 Å². The molecule has 0 fully saturated rings. The molecular weight excluding hydrogens is 363 g/mol. The third-order valence-electron chi connectivity index (χ3n) is 3.46. The maximum absolute atomic E-state index is 11.8. The molecule has 0 saturated carbocycles. The van der Waals surface area contributed by atoms with Crippen LogP contribution in [-0.4, -0.2) is 63.0 Å². The van der Waals surface area contributed by atoms with Gasteiger partial charge in [-0.2, -0.15) is 0 Å². The van der Waals surface area contributed by atoms with Gasteiger partial charge in [-0.1, -0.05) is 0 Å². The summed E-state index contributed by atoms with van der Waals surface area (Å²) in [5.74, 6) is 0. The second kappa shape index (κ2) is 11.8. The summed E-state index contributed by atoms with van der Waals surface area (Å²) < 4.78 is 14.7. The van der Waals surface area contributed by atoms with Gasteiger partial charge in [0.2, 0.25) is 0 Å². The first kappa shape index (κ1) is 26.0. The van der Waals surface area contributed by atoms with Gasteiger partial charge in [-0.05, 0) is 60.8 Å². The lowest BCUT2D eigenvalue weighted by atomic mass is 9.88. The Morgan fingerprint density at radius 2 is 1.36 bits per heavy atom. The highest BCUT2D eigenvalue weighted by Gasteiger charge is 2.26. The van der Waals surface area contributed by atoms with Gasteiger partial charge < -0.3 is 30.5 Å². The number of ether oxygens (including phenoxy) is 2. The molecule has 0 rings (SSSR count). The van der Waals surface area contributed by atoms with E-state index < -0.39 is 28.9 Å². The number of alkyl carbamates (subject to hydrolysis) is 2. The number of rotatable bonds is 10. The number of carbonyl (C=O) groups is 2. The Morgan fingerprint density at radius 3 is 1.71 bits per heavy atom. The van der Waals surface area contributed by atoms with Gasteiger partial charge in [0.25, 0.3) is 0 Å². The molecule has 0 unspecified atom stereocenters. The van der Waals surface area contributed by atoms with Crippen LogP contribution in [0.25, 0.3) is 0 Å². The first-order valence-corrected chi connectivity index (χ1v) is 9.33. The monoisotopic (exact) mass is 398 g/mol. The zero-order chi connectivity index (χ0) is 21.8. The fraction of sp³-hybridized carbons (Fsp3) is 0.833. The molecule has 0 aliphatic rings. The third kappa shape index (κ3) is 15.1. The van der Waals surface area contributed by atoms with Crippen LogP contribution in [0, 0.1) is 0 Å². The summed E-state index contributed by atoms with van der Waals surface area (Å²) in [7, 11) is 4.90. The van der Waals surface area contributed by atoms with E-state index >= 15 is 0 Å². The van der Waals surface area contributed by atoms with Gasteiger partial charge in [-0.15, -0.1) is 0 Å². The van der Waals surface area contributed by atoms with E-state index in [1.54, 1.807) is 41.5 Å². The molecule has 0 saturated heterocycles. The number of aliphatic imine (C=N–C) groups is 1. The third-order valence-corrected chi connectivity index (χ3v) is 3.46. The molecule has 0 aromatic carbocycles. The number of carbonyl (C=O) groups excluding carboxylic acids is 2. The number of amides is 2. The standard InChI is InChI=1S/C18H35BN4O5/c1-16(2,3)27-14(24)22-11-8-18(20,7-10-21-13-26-19)9-12-23-15(25)28-17(4,5)6/h13H,7-12,20H2,1-6H3,(H,22,24)(H,23,25). The van der Waals surface area contributed by atoms with E-state index in [9.17, 15) is 9.59 Å². The van der Waals surface area contributed by atoms with Crippen molar-refractivity contribution in [1.82, 2.24) is 10.6 Å². The van der Waals surface area contributed by atoms with Crippen molar-refractivity contribution in [1.29, 1.82) is 0 Å². The van der Waals surface area contributed by atoms with Gasteiger partial charge in [0.05, 0.1) is 0 Å². The topological polar surface area (TPSA) is 124 Å². The molecule has 0 aliphatic carbocycles. The summed E-state index contributed by atoms with van der Waals surface area (Å²) in [6, 6.07) is 0. The molecule has 0 atom stereocenters. The molecule has 2 radical (unpaired) electrons. The summed E-state index contributed by atoms with van der Waals surface area (Å²) in [5.41, 5.74) is 4.66. The highest BCUT2D eigenvalue weighted by atomic mass is 16.6. The molecule has 0 bridgehead atoms. The molecule has 2 amide bonds. The predicted molar refractivity (Wildman–Crippen MR) is 109 cm³/mol. The van der Waals surface area contributed by atoms with Crippen LogP contribution in [-0.2, 0) is 14.1 Å². The predicted octanol–water partition coefficient (Wildman–Crippen LogP) is 2.03. The molecule has 0 heterocycles. The van der Waals surface area contributed by atoms with E-state index in [1.165, 1.54) is 0 Å². The van der Waals surface area contributed by atoms with Crippen LogP contribution in [0.15, 0.2) is 4.99 Å². The maximum Gasteiger partial charge on any atom is 0.407 e. The summed E-state index contributed by atoms with van der Waals surface area (Å²) in [6.45, 7) is 11.8. The van der Waals surface area contributed by atoms with Gasteiger partial charge in [0.15, 0.2) is 0 Å². The van der Waals surface area contributed by atoms with Crippen LogP contribution in [0.3, 0.4) is 0 Å². The lowest BCUT2D eigenvalue weighted by Crippen LogP contribution is -2.47. The van der Waals surface area contributed by atoms with Crippen molar-refractivity contribution in [3.63, 3.8) is 0 Å². The molecule has 0 aromatic heterocycles. The van der Waals surface area contributed by atoms with Crippen LogP contribution < -0.4 is 16.4 Å². The molecule has 0 aliphatic heterocycles. The number of hydrogen-bond donors (Lipinski definition) is 3. The largest absolute Gasteiger partial charge is 0.560 e. The first-order chi connectivity index (χ1) is 12.8. The summed E-state index contributed by atoms with van der Waals surface area (Å²) in [5, 5.41) is 5.38. The highest BCUT2D eigenvalue weighted by molar-refractivity contribution is 6.02. The lowest BCUT2D eigenvalue weighted by molar-refractivity contribution is 0.0519. The Balaban J connectivity index is 4.59. The molecule has 0 spiro atoms. The Kier molecular flexibility index (Phi) is 11.0. The average Bonchev–Trinajstić information content (AvgIpc) is 2.48. The minimum absolute atomic E-state index is 0.328. The van der Waals surface area contributed by atoms with Crippen molar-refractivity contribution in [2.75, 3.05) is 19.6 Å². The van der Waals surface area contributed by atoms with Crippen molar-refractivity contribution < 1.29 is 23.7 Å². The van der Waals surface area contributed by atoms with Crippen molar-refractivity contribution in [2.45, 2.75) is 77.5 Å². The second-order valence-corrected chi connectivity index (χ2v) is 8.62. The summed E-state index contributed by atoms with van der Waals surface area (Å²) >= 11 is 0. The van der Waals surface area contributed by atoms with Crippen LogP contribution in [0.4, 0.5) is 9.59 Å². The normalized spacial score (nSPS) is 12.5. The zero-order valence-corrected chi connectivity index (χ0v) is 18.0. The molecular formula is C18H35BN4O5. The molecule has 9 nitrogen and oxygen atoms in total. The number of nitrogens with one attached hydrogen (secondary N) is 2. The fourth-order valence-electron chi connectivity index (χ4n) is 2.21. The van der Waals surface area contributed by atoms with Crippen LogP contribution in [0.2, 0.25) is 0 Å². The SMILES string of the molecule is [B]OC=NCCC(N)(CCNC(=O)OC(C)(C)C)CCNC(=O)OC(C)(C)C. The van der Waals surface area contributed by atoms with Gasteiger partial charge in [-0.3, -0.25) is 4.99 Å².